The van der Waals surface area contributed by atoms with Crippen LogP contribution in [0.3, 0.4) is 0 Å². The van der Waals surface area contributed by atoms with Gasteiger partial charge in [0.15, 0.2) is 0 Å². The van der Waals surface area contributed by atoms with Gasteiger partial charge in [0.05, 0.1) is 22.7 Å². The van der Waals surface area contributed by atoms with Gasteiger partial charge in [-0.1, -0.05) is 20.8 Å². The Balaban J connectivity index is 2.12. The zero-order chi connectivity index (χ0) is 18.8. The molecule has 0 bridgehead atoms. The third-order valence-electron chi connectivity index (χ3n) is 4.80. The van der Waals surface area contributed by atoms with Gasteiger partial charge < -0.3 is 0 Å². The first-order chi connectivity index (χ1) is 12.4. The molecule has 0 unspecified atom stereocenters. The topological polar surface area (TPSA) is 70.7 Å². The van der Waals surface area contributed by atoms with Gasteiger partial charge in [0.2, 0.25) is 11.9 Å². The highest BCUT2D eigenvalue weighted by atomic mass is 19.1. The molecule has 0 saturated heterocycles. The molecular formula is C20H21FN4O. The molecule has 1 aromatic heterocycles. The van der Waals surface area contributed by atoms with E-state index in [0.29, 0.717) is 29.9 Å². The Kier molecular flexibility index (Phi) is 4.90. The summed E-state index contributed by atoms with van der Waals surface area (Å²) in [5.74, 6) is 0.138. The first-order valence-electron chi connectivity index (χ1n) is 8.69. The van der Waals surface area contributed by atoms with Crippen LogP contribution in [0, 0.1) is 23.2 Å². The monoisotopic (exact) mass is 352 g/mol. The molecule has 0 fully saturated rings. The molecule has 1 aliphatic carbocycles. The molecule has 0 saturated carbocycles. The summed E-state index contributed by atoms with van der Waals surface area (Å²) in [5.41, 5.74) is 2.73. The second-order valence-electron chi connectivity index (χ2n) is 6.88. The minimum Gasteiger partial charge on any atom is -0.295 e. The second-order valence-corrected chi connectivity index (χ2v) is 6.88. The maximum atomic E-state index is 13.4. The predicted molar refractivity (Wildman–Crippen MR) is 99.8 cm³/mol. The number of halogens is 1. The molecule has 1 N–H and O–H groups in total. The first-order valence-corrected chi connectivity index (χ1v) is 8.69. The lowest BCUT2D eigenvalue weighted by Gasteiger charge is -2.18. The highest BCUT2D eigenvalue weighted by Crippen LogP contribution is 2.31. The van der Waals surface area contributed by atoms with E-state index >= 15 is 0 Å². The van der Waals surface area contributed by atoms with E-state index in [0.717, 1.165) is 11.2 Å². The summed E-state index contributed by atoms with van der Waals surface area (Å²) in [5, 5.41) is 12.1. The van der Waals surface area contributed by atoms with Crippen molar-refractivity contribution < 1.29 is 9.18 Å². The van der Waals surface area contributed by atoms with Crippen LogP contribution in [0.15, 0.2) is 36.2 Å². The molecule has 3 rings (SSSR count). The largest absolute Gasteiger partial charge is 0.295 e. The summed E-state index contributed by atoms with van der Waals surface area (Å²) < 4.78 is 15.2. The number of hydrogen-bond acceptors (Lipinski definition) is 3. The van der Waals surface area contributed by atoms with Crippen molar-refractivity contribution in [3.05, 3.63) is 41.7 Å². The molecule has 0 spiro atoms. The van der Waals surface area contributed by atoms with E-state index in [1.165, 1.54) is 6.08 Å². The standard InChI is InChI=1S/C20H21FN4O/c1-12(2)13(3)19(26)24-20-23-17-9-4-14(11-22)10-18(17)25(20)16-7-5-15(21)6-8-16/h4-5,7,9-10,12-13H,6,8H2,1-3H3,(H,23,24,26)/t13-/m0/s1. The number of carbonyl (C=O) groups excluding carboxylic acids is 1. The van der Waals surface area contributed by atoms with Gasteiger partial charge in [-0.05, 0) is 42.7 Å². The number of hydrogen-bond donors (Lipinski definition) is 1. The van der Waals surface area contributed by atoms with Gasteiger partial charge >= 0.3 is 0 Å². The van der Waals surface area contributed by atoms with E-state index in [1.807, 2.05) is 25.3 Å². The summed E-state index contributed by atoms with van der Waals surface area (Å²) in [6, 6.07) is 7.30. The maximum Gasteiger partial charge on any atom is 0.229 e. The molecule has 1 aliphatic rings. The van der Waals surface area contributed by atoms with Crippen molar-refractivity contribution >= 4 is 28.6 Å². The van der Waals surface area contributed by atoms with Gasteiger partial charge in [-0.15, -0.1) is 0 Å². The van der Waals surface area contributed by atoms with Crippen molar-refractivity contribution in [1.82, 2.24) is 9.55 Å². The average molecular weight is 352 g/mol. The molecular weight excluding hydrogens is 331 g/mol. The van der Waals surface area contributed by atoms with Crippen LogP contribution in [0.2, 0.25) is 0 Å². The predicted octanol–water partition coefficient (Wildman–Crippen LogP) is 4.63. The fraction of sp³-hybridized carbons (Fsp3) is 0.350. The van der Waals surface area contributed by atoms with Crippen molar-refractivity contribution in [3.8, 4) is 6.07 Å². The number of fused-ring (bicyclic) bond motifs is 1. The number of aromatic nitrogens is 2. The van der Waals surface area contributed by atoms with E-state index in [2.05, 4.69) is 16.4 Å². The second kappa shape index (κ2) is 7.12. The summed E-state index contributed by atoms with van der Waals surface area (Å²) in [7, 11) is 0. The summed E-state index contributed by atoms with van der Waals surface area (Å²) in [4.78, 5) is 17.1. The smallest absolute Gasteiger partial charge is 0.229 e. The van der Waals surface area contributed by atoms with Crippen LogP contribution in [0.4, 0.5) is 10.3 Å². The van der Waals surface area contributed by atoms with Gasteiger partial charge in [-0.2, -0.15) is 5.26 Å². The lowest BCUT2D eigenvalue weighted by Crippen LogP contribution is -2.26. The number of nitriles is 1. The van der Waals surface area contributed by atoms with Crippen LogP contribution >= 0.6 is 0 Å². The third kappa shape index (κ3) is 3.38. The molecule has 1 heterocycles. The molecule has 1 aromatic carbocycles. The molecule has 134 valence electrons. The van der Waals surface area contributed by atoms with Crippen LogP contribution in [0.25, 0.3) is 16.7 Å². The van der Waals surface area contributed by atoms with E-state index in [4.69, 9.17) is 0 Å². The average Bonchev–Trinajstić information content (AvgIpc) is 2.98. The Morgan fingerprint density at radius 1 is 1.31 bits per heavy atom. The number of allylic oxidation sites excluding steroid dienone is 4. The van der Waals surface area contributed by atoms with Crippen molar-refractivity contribution in [3.63, 3.8) is 0 Å². The van der Waals surface area contributed by atoms with Gasteiger partial charge in [-0.25, -0.2) is 9.37 Å². The molecule has 26 heavy (non-hydrogen) atoms. The Hall–Kier alpha value is -2.94. The fourth-order valence-corrected chi connectivity index (χ4v) is 2.83. The van der Waals surface area contributed by atoms with E-state index < -0.39 is 0 Å². The van der Waals surface area contributed by atoms with Crippen molar-refractivity contribution in [2.24, 2.45) is 11.8 Å². The molecule has 1 atom stereocenters. The summed E-state index contributed by atoms with van der Waals surface area (Å²) >= 11 is 0. The third-order valence-corrected chi connectivity index (χ3v) is 4.80. The van der Waals surface area contributed by atoms with E-state index in [1.54, 1.807) is 24.3 Å². The fourth-order valence-electron chi connectivity index (χ4n) is 2.83. The Bertz CT molecular complexity index is 962. The van der Waals surface area contributed by atoms with Crippen LogP contribution in [0.5, 0.6) is 0 Å². The summed E-state index contributed by atoms with van der Waals surface area (Å²) in [6.07, 6.45) is 3.92. The highest BCUT2D eigenvalue weighted by Gasteiger charge is 2.22. The van der Waals surface area contributed by atoms with Gasteiger partial charge in [0, 0.05) is 18.0 Å². The lowest BCUT2D eigenvalue weighted by molar-refractivity contribution is -0.120. The van der Waals surface area contributed by atoms with Crippen molar-refractivity contribution in [2.45, 2.75) is 33.6 Å². The zero-order valence-corrected chi connectivity index (χ0v) is 15.1. The molecule has 6 heteroatoms. The first kappa shape index (κ1) is 17.9. The quantitative estimate of drug-likeness (QED) is 0.872. The maximum absolute atomic E-state index is 13.4. The normalized spacial score (nSPS) is 15.4. The molecule has 5 nitrogen and oxygen atoms in total. The molecule has 0 aliphatic heterocycles. The molecule has 0 radical (unpaired) electrons. The van der Waals surface area contributed by atoms with Gasteiger partial charge in [-0.3, -0.25) is 14.7 Å². The Morgan fingerprint density at radius 3 is 2.69 bits per heavy atom. The summed E-state index contributed by atoms with van der Waals surface area (Å²) in [6.45, 7) is 5.85. The number of rotatable bonds is 4. The number of benzene rings is 1. The number of nitrogens with one attached hydrogen (secondary N) is 1. The van der Waals surface area contributed by atoms with Crippen molar-refractivity contribution in [1.29, 1.82) is 5.26 Å². The van der Waals surface area contributed by atoms with Crippen LogP contribution in [0.1, 0.15) is 39.2 Å². The van der Waals surface area contributed by atoms with E-state index in [-0.39, 0.29) is 23.6 Å². The molecule has 2 aromatic rings. The van der Waals surface area contributed by atoms with Crippen LogP contribution in [-0.2, 0) is 4.79 Å². The van der Waals surface area contributed by atoms with E-state index in [9.17, 15) is 14.4 Å². The minimum atomic E-state index is -0.171. The Labute approximate surface area is 151 Å². The number of amides is 1. The van der Waals surface area contributed by atoms with Crippen molar-refractivity contribution in [2.75, 3.05) is 5.32 Å². The SMILES string of the molecule is CC(C)[C@H](C)C(=O)Nc1nc2ccc(C#N)cc2n1C1=CC=C(F)CC1. The zero-order valence-electron chi connectivity index (χ0n) is 15.1. The Morgan fingerprint density at radius 2 is 2.08 bits per heavy atom. The number of carbonyl (C=O) groups is 1. The minimum absolute atomic E-state index is 0.116. The van der Waals surface area contributed by atoms with Gasteiger partial charge in [0.1, 0.15) is 5.83 Å². The highest BCUT2D eigenvalue weighted by molar-refractivity contribution is 5.94. The number of imidazole rings is 1. The van der Waals surface area contributed by atoms with Gasteiger partial charge in [0.25, 0.3) is 0 Å². The van der Waals surface area contributed by atoms with Crippen LogP contribution < -0.4 is 5.32 Å². The number of nitrogens with zero attached hydrogens (tertiary/aromatic N) is 3. The molecule has 1 amide bonds. The van der Waals surface area contributed by atoms with Crippen LogP contribution in [-0.4, -0.2) is 15.5 Å². The number of anilines is 1. The lowest BCUT2D eigenvalue weighted by atomic mass is 9.97.